The van der Waals surface area contributed by atoms with Gasteiger partial charge in [0.05, 0.1) is 18.0 Å². The quantitative estimate of drug-likeness (QED) is 0.506. The lowest BCUT2D eigenvalue weighted by atomic mass is 9.94. The Morgan fingerprint density at radius 1 is 1.42 bits per heavy atom. The zero-order valence-corrected chi connectivity index (χ0v) is 15.3. The molecule has 0 atom stereocenters. The summed E-state index contributed by atoms with van der Waals surface area (Å²) in [6.07, 6.45) is 1.61. The Labute approximate surface area is 152 Å². The van der Waals surface area contributed by atoms with Crippen molar-refractivity contribution in [2.24, 2.45) is 5.73 Å². The van der Waals surface area contributed by atoms with Gasteiger partial charge in [0.25, 0.3) is 0 Å². The first kappa shape index (κ1) is 22.4. The molecule has 0 heterocycles. The Kier molecular flexibility index (Phi) is 9.65. The summed E-state index contributed by atoms with van der Waals surface area (Å²) in [5.74, 6) is -0.124. The molecule has 0 unspecified atom stereocenters. The number of hydrogen-bond donors (Lipinski definition) is 2. The molecule has 1 amide bonds. The summed E-state index contributed by atoms with van der Waals surface area (Å²) in [4.78, 5) is 22.1. The van der Waals surface area contributed by atoms with Gasteiger partial charge < -0.3 is 15.8 Å². The lowest BCUT2D eigenvalue weighted by Gasteiger charge is -2.26. The maximum absolute atomic E-state index is 11.8. The normalized spacial score (nSPS) is 10.7. The van der Waals surface area contributed by atoms with Crippen LogP contribution in [0.5, 0.6) is 5.75 Å². The van der Waals surface area contributed by atoms with E-state index in [1.54, 1.807) is 0 Å². The summed E-state index contributed by atoms with van der Waals surface area (Å²) in [5.41, 5.74) is 5.46. The molecule has 0 bridgehead atoms. The van der Waals surface area contributed by atoms with Gasteiger partial charge in [0.1, 0.15) is 0 Å². The van der Waals surface area contributed by atoms with E-state index in [0.717, 1.165) is 12.8 Å². The molecule has 0 saturated heterocycles. The van der Waals surface area contributed by atoms with Crippen LogP contribution in [0.2, 0.25) is 5.02 Å². The van der Waals surface area contributed by atoms with Crippen LogP contribution in [-0.2, 0) is 4.79 Å². The smallest absolute Gasteiger partial charge is 0.312 e. The van der Waals surface area contributed by atoms with Crippen LogP contribution in [0, 0.1) is 10.1 Å². The van der Waals surface area contributed by atoms with Gasteiger partial charge in [-0.3, -0.25) is 14.9 Å². The summed E-state index contributed by atoms with van der Waals surface area (Å²) in [5, 5.41) is 13.9. The number of carbonyl (C=O) groups excluding carboxylic acids is 1. The second kappa shape index (κ2) is 10.3. The van der Waals surface area contributed by atoms with E-state index < -0.39 is 10.5 Å². The van der Waals surface area contributed by atoms with E-state index in [9.17, 15) is 14.9 Å². The predicted molar refractivity (Wildman–Crippen MR) is 96.0 cm³/mol. The van der Waals surface area contributed by atoms with E-state index in [4.69, 9.17) is 22.1 Å². The van der Waals surface area contributed by atoms with Crippen LogP contribution in [0.4, 0.5) is 5.69 Å². The van der Waals surface area contributed by atoms with Crippen molar-refractivity contribution in [1.29, 1.82) is 0 Å². The standard InChI is InChI=1S/C15H22ClN3O4.ClH/c1-3-15(17,4-2)10-18-14(20)7-8-23-13-6-5-11(16)9-12(13)19(21)22;/h5-6,9H,3-4,7-8,10,17H2,1-2H3,(H,18,20);1H. The van der Waals surface area contributed by atoms with Gasteiger partial charge in [0.15, 0.2) is 5.75 Å². The lowest BCUT2D eigenvalue weighted by Crippen LogP contribution is -2.49. The molecule has 9 heteroatoms. The maximum atomic E-state index is 11.8. The highest BCUT2D eigenvalue weighted by atomic mass is 35.5. The number of hydrogen-bond acceptors (Lipinski definition) is 5. The van der Waals surface area contributed by atoms with Gasteiger partial charge in [-0.15, -0.1) is 12.4 Å². The highest BCUT2D eigenvalue weighted by Gasteiger charge is 2.21. The third-order valence-electron chi connectivity index (χ3n) is 3.75. The molecular weight excluding hydrogens is 357 g/mol. The zero-order chi connectivity index (χ0) is 17.5. The Balaban J connectivity index is 0.00000529. The molecule has 0 radical (unpaired) electrons. The van der Waals surface area contributed by atoms with Crippen molar-refractivity contribution in [2.75, 3.05) is 13.2 Å². The topological polar surface area (TPSA) is 107 Å². The van der Waals surface area contributed by atoms with E-state index in [1.165, 1.54) is 18.2 Å². The number of nitrogens with zero attached hydrogens (tertiary/aromatic N) is 1. The van der Waals surface area contributed by atoms with Crippen LogP contribution < -0.4 is 15.8 Å². The van der Waals surface area contributed by atoms with Gasteiger partial charge in [-0.1, -0.05) is 25.4 Å². The fraction of sp³-hybridized carbons (Fsp3) is 0.533. The van der Waals surface area contributed by atoms with Gasteiger partial charge >= 0.3 is 5.69 Å². The number of nitrogens with one attached hydrogen (secondary N) is 1. The molecule has 0 saturated carbocycles. The molecule has 1 aromatic rings. The zero-order valence-electron chi connectivity index (χ0n) is 13.7. The van der Waals surface area contributed by atoms with E-state index in [1.807, 2.05) is 13.8 Å². The summed E-state index contributed by atoms with van der Waals surface area (Å²) in [7, 11) is 0. The second-order valence-electron chi connectivity index (χ2n) is 5.31. The van der Waals surface area contributed by atoms with Crippen molar-refractivity contribution in [3.05, 3.63) is 33.3 Å². The highest BCUT2D eigenvalue weighted by Crippen LogP contribution is 2.29. The molecule has 1 rings (SSSR count). The van der Waals surface area contributed by atoms with Crippen LogP contribution in [-0.4, -0.2) is 29.5 Å². The molecule has 136 valence electrons. The summed E-state index contributed by atoms with van der Waals surface area (Å²) in [6, 6.07) is 4.12. The van der Waals surface area contributed by atoms with Gasteiger partial charge in [-0.05, 0) is 25.0 Å². The van der Waals surface area contributed by atoms with Crippen molar-refractivity contribution < 1.29 is 14.5 Å². The van der Waals surface area contributed by atoms with Gasteiger partial charge in [0, 0.05) is 23.2 Å². The third-order valence-corrected chi connectivity index (χ3v) is 3.99. The van der Waals surface area contributed by atoms with Crippen LogP contribution in [0.1, 0.15) is 33.1 Å². The fourth-order valence-electron chi connectivity index (χ4n) is 1.87. The third kappa shape index (κ3) is 6.90. The van der Waals surface area contributed by atoms with Gasteiger partial charge in [0.2, 0.25) is 5.91 Å². The Bertz CT molecular complexity index is 566. The van der Waals surface area contributed by atoms with Crippen molar-refractivity contribution in [3.63, 3.8) is 0 Å². The van der Waals surface area contributed by atoms with Crippen LogP contribution in [0.15, 0.2) is 18.2 Å². The minimum atomic E-state index is -0.577. The number of benzene rings is 1. The number of amides is 1. The van der Waals surface area contributed by atoms with Crippen LogP contribution >= 0.6 is 24.0 Å². The molecule has 0 fully saturated rings. The molecule has 7 nitrogen and oxygen atoms in total. The molecule has 0 aromatic heterocycles. The number of nitro benzene ring substituents is 1. The van der Waals surface area contributed by atoms with E-state index in [-0.39, 0.29) is 47.8 Å². The number of rotatable bonds is 9. The van der Waals surface area contributed by atoms with Crippen molar-refractivity contribution in [2.45, 2.75) is 38.6 Å². The number of nitro groups is 1. The molecule has 0 aliphatic carbocycles. The van der Waals surface area contributed by atoms with Crippen LogP contribution in [0.25, 0.3) is 0 Å². The molecule has 0 aliphatic heterocycles. The molecule has 24 heavy (non-hydrogen) atoms. The molecular formula is C15H23Cl2N3O4. The average molecular weight is 380 g/mol. The van der Waals surface area contributed by atoms with E-state index in [0.29, 0.717) is 6.54 Å². The largest absolute Gasteiger partial charge is 0.486 e. The van der Waals surface area contributed by atoms with E-state index >= 15 is 0 Å². The SMILES string of the molecule is CCC(N)(CC)CNC(=O)CCOc1ccc(Cl)cc1[N+](=O)[O-].Cl. The monoisotopic (exact) mass is 379 g/mol. The molecule has 1 aromatic carbocycles. The average Bonchev–Trinajstić information content (AvgIpc) is 2.53. The Morgan fingerprint density at radius 3 is 2.58 bits per heavy atom. The number of halogens is 2. The Morgan fingerprint density at radius 2 is 2.04 bits per heavy atom. The summed E-state index contributed by atoms with van der Waals surface area (Å²) in [6.45, 7) is 4.36. The number of carbonyl (C=O) groups is 1. The maximum Gasteiger partial charge on any atom is 0.312 e. The first-order chi connectivity index (χ1) is 10.8. The molecule has 3 N–H and O–H groups in total. The minimum absolute atomic E-state index is 0. The number of ether oxygens (including phenoxy) is 1. The first-order valence-electron chi connectivity index (χ1n) is 7.43. The lowest BCUT2D eigenvalue weighted by molar-refractivity contribution is -0.385. The second-order valence-corrected chi connectivity index (χ2v) is 5.75. The summed E-state index contributed by atoms with van der Waals surface area (Å²) >= 11 is 5.72. The fourth-order valence-corrected chi connectivity index (χ4v) is 2.04. The van der Waals surface area contributed by atoms with Crippen molar-refractivity contribution >= 4 is 35.6 Å². The first-order valence-corrected chi connectivity index (χ1v) is 7.81. The highest BCUT2D eigenvalue weighted by molar-refractivity contribution is 6.30. The van der Waals surface area contributed by atoms with Crippen LogP contribution in [0.3, 0.4) is 0 Å². The Hall–Kier alpha value is -1.57. The predicted octanol–water partition coefficient (Wildman–Crippen LogP) is 3.07. The molecule has 0 spiro atoms. The van der Waals surface area contributed by atoms with Crippen molar-refractivity contribution in [1.82, 2.24) is 5.32 Å². The summed E-state index contributed by atoms with van der Waals surface area (Å²) < 4.78 is 5.32. The van der Waals surface area contributed by atoms with E-state index in [2.05, 4.69) is 5.32 Å². The number of nitrogens with two attached hydrogens (primary N) is 1. The van der Waals surface area contributed by atoms with Gasteiger partial charge in [-0.25, -0.2) is 0 Å². The molecule has 0 aliphatic rings. The minimum Gasteiger partial charge on any atom is -0.486 e. The van der Waals surface area contributed by atoms with Gasteiger partial charge in [-0.2, -0.15) is 0 Å². The van der Waals surface area contributed by atoms with Crippen molar-refractivity contribution in [3.8, 4) is 5.75 Å².